The normalized spacial score (nSPS) is 11.8. The molecule has 0 aliphatic rings. The van der Waals surface area contributed by atoms with Gasteiger partial charge in [-0.05, 0) is 46.3 Å². The lowest BCUT2D eigenvalue weighted by molar-refractivity contribution is 0.628. The highest BCUT2D eigenvalue weighted by Gasteiger charge is 2.12. The van der Waals surface area contributed by atoms with Crippen molar-refractivity contribution in [2.75, 3.05) is 5.32 Å². The molecule has 17 heavy (non-hydrogen) atoms. The van der Waals surface area contributed by atoms with Crippen molar-refractivity contribution in [3.05, 3.63) is 50.9 Å². The molecule has 1 atom stereocenters. The molecular weight excluding hydrogens is 303 g/mol. The topological polar surface area (TPSA) is 35.8 Å². The van der Waals surface area contributed by atoms with Crippen LogP contribution >= 0.6 is 27.3 Å². The van der Waals surface area contributed by atoms with Crippen molar-refractivity contribution < 1.29 is 4.39 Å². The van der Waals surface area contributed by atoms with Crippen molar-refractivity contribution in [3.8, 4) is 6.07 Å². The van der Waals surface area contributed by atoms with Crippen molar-refractivity contribution in [3.63, 3.8) is 0 Å². The lowest BCUT2D eigenvalue weighted by Crippen LogP contribution is -2.06. The molecule has 1 N–H and O–H groups in total. The summed E-state index contributed by atoms with van der Waals surface area (Å²) in [6.07, 6.45) is 0. The molecule has 5 heteroatoms. The predicted octanol–water partition coefficient (Wildman–Crippen LogP) is 4.33. The molecule has 0 radical (unpaired) electrons. The van der Waals surface area contributed by atoms with E-state index >= 15 is 0 Å². The molecule has 0 fully saturated rings. The molecule has 0 amide bonds. The van der Waals surface area contributed by atoms with Crippen LogP contribution in [-0.2, 0) is 0 Å². The van der Waals surface area contributed by atoms with Crippen LogP contribution in [0.25, 0.3) is 0 Å². The molecular formula is C12H8BrFN2S. The fourth-order valence-corrected chi connectivity index (χ4v) is 2.82. The van der Waals surface area contributed by atoms with Crippen LogP contribution in [0.2, 0.25) is 0 Å². The van der Waals surface area contributed by atoms with E-state index in [0.29, 0.717) is 5.69 Å². The molecule has 1 heterocycles. The maximum absolute atomic E-state index is 13.0. The molecule has 0 aliphatic carbocycles. The quantitative estimate of drug-likeness (QED) is 0.916. The minimum Gasteiger partial charge on any atom is -0.365 e. The highest BCUT2D eigenvalue weighted by molar-refractivity contribution is 9.11. The highest BCUT2D eigenvalue weighted by Crippen LogP contribution is 2.29. The number of nitriles is 1. The summed E-state index contributed by atoms with van der Waals surface area (Å²) in [5.74, 6) is -0.320. The molecule has 0 bridgehead atoms. The van der Waals surface area contributed by atoms with Crippen LogP contribution in [0, 0.1) is 17.1 Å². The van der Waals surface area contributed by atoms with E-state index in [-0.39, 0.29) is 5.82 Å². The van der Waals surface area contributed by atoms with Gasteiger partial charge in [-0.3, -0.25) is 0 Å². The number of nitrogens with zero attached hydrogens (tertiary/aromatic N) is 1. The van der Waals surface area contributed by atoms with Gasteiger partial charge in [0.05, 0.1) is 9.86 Å². The molecule has 86 valence electrons. The Bertz CT molecular complexity index is 562. The molecule has 2 nitrogen and oxygen atoms in total. The van der Waals surface area contributed by atoms with Crippen LogP contribution in [0.4, 0.5) is 10.1 Å². The van der Waals surface area contributed by atoms with Crippen LogP contribution in [0.15, 0.2) is 40.2 Å². The third-order valence-corrected chi connectivity index (χ3v) is 3.83. The van der Waals surface area contributed by atoms with Gasteiger partial charge in [0.25, 0.3) is 0 Å². The number of hydrogen-bond acceptors (Lipinski definition) is 3. The van der Waals surface area contributed by atoms with Crippen molar-refractivity contribution in [2.24, 2.45) is 0 Å². The fraction of sp³-hybridized carbons (Fsp3) is 0.0833. The second kappa shape index (κ2) is 5.30. The SMILES string of the molecule is N#CC(Nc1cccc(F)c1)c1ccc(Br)s1. The van der Waals surface area contributed by atoms with E-state index in [4.69, 9.17) is 5.26 Å². The smallest absolute Gasteiger partial charge is 0.149 e. The summed E-state index contributed by atoms with van der Waals surface area (Å²) in [5.41, 5.74) is 0.598. The zero-order chi connectivity index (χ0) is 12.3. The van der Waals surface area contributed by atoms with Crippen molar-refractivity contribution in [2.45, 2.75) is 6.04 Å². The predicted molar refractivity (Wildman–Crippen MR) is 70.4 cm³/mol. The summed E-state index contributed by atoms with van der Waals surface area (Å²) < 4.78 is 14.0. The average Bonchev–Trinajstić information content (AvgIpc) is 2.73. The van der Waals surface area contributed by atoms with Crippen molar-refractivity contribution >= 4 is 33.0 Å². The number of rotatable bonds is 3. The van der Waals surface area contributed by atoms with Crippen molar-refractivity contribution in [1.82, 2.24) is 0 Å². The number of hydrogen-bond donors (Lipinski definition) is 1. The fourth-order valence-electron chi connectivity index (χ4n) is 1.40. The van der Waals surface area contributed by atoms with Gasteiger partial charge in [-0.2, -0.15) is 5.26 Å². The number of benzene rings is 1. The largest absolute Gasteiger partial charge is 0.365 e. The minimum atomic E-state index is -0.465. The summed E-state index contributed by atoms with van der Waals surface area (Å²) in [5, 5.41) is 12.1. The third kappa shape index (κ3) is 3.05. The number of nitrogens with one attached hydrogen (secondary N) is 1. The van der Waals surface area contributed by atoms with E-state index in [2.05, 4.69) is 27.3 Å². The first-order valence-electron chi connectivity index (χ1n) is 4.86. The molecule has 0 saturated heterocycles. The summed E-state index contributed by atoms with van der Waals surface area (Å²) in [6.45, 7) is 0. The number of halogens is 2. The Morgan fingerprint density at radius 1 is 1.35 bits per heavy atom. The maximum atomic E-state index is 13.0. The minimum absolute atomic E-state index is 0.320. The van der Waals surface area contributed by atoms with Crippen LogP contribution in [0.5, 0.6) is 0 Å². The van der Waals surface area contributed by atoms with E-state index < -0.39 is 6.04 Å². The number of thiophene rings is 1. The van der Waals surface area contributed by atoms with E-state index in [1.165, 1.54) is 23.5 Å². The van der Waals surface area contributed by atoms with E-state index in [1.807, 2.05) is 12.1 Å². The van der Waals surface area contributed by atoms with Gasteiger partial charge in [0, 0.05) is 10.6 Å². The molecule has 0 saturated carbocycles. The summed E-state index contributed by atoms with van der Waals surface area (Å²) in [6, 6.07) is 11.5. The van der Waals surface area contributed by atoms with Crippen LogP contribution < -0.4 is 5.32 Å². The van der Waals surface area contributed by atoms with E-state index in [9.17, 15) is 4.39 Å². The first-order chi connectivity index (χ1) is 8.19. The Labute approximate surface area is 111 Å². The van der Waals surface area contributed by atoms with Gasteiger partial charge >= 0.3 is 0 Å². The second-order valence-corrected chi connectivity index (χ2v) is 5.85. The van der Waals surface area contributed by atoms with Gasteiger partial charge in [-0.15, -0.1) is 11.3 Å². The average molecular weight is 311 g/mol. The lowest BCUT2D eigenvalue weighted by Gasteiger charge is -2.11. The van der Waals surface area contributed by atoms with Gasteiger partial charge in [-0.1, -0.05) is 6.07 Å². The van der Waals surface area contributed by atoms with Gasteiger partial charge in [0.15, 0.2) is 0 Å². The standard InChI is InChI=1S/C12H8BrFN2S/c13-12-5-4-11(17-12)10(7-15)16-9-3-1-2-8(14)6-9/h1-6,10,16H. The monoisotopic (exact) mass is 310 g/mol. The van der Waals surface area contributed by atoms with Gasteiger partial charge in [-0.25, -0.2) is 4.39 Å². The number of anilines is 1. The molecule has 1 aromatic carbocycles. The second-order valence-electron chi connectivity index (χ2n) is 3.36. The first kappa shape index (κ1) is 12.1. The summed E-state index contributed by atoms with van der Waals surface area (Å²) in [4.78, 5) is 0.892. The lowest BCUT2D eigenvalue weighted by atomic mass is 10.2. The molecule has 0 aliphatic heterocycles. The zero-order valence-electron chi connectivity index (χ0n) is 8.65. The van der Waals surface area contributed by atoms with Crippen LogP contribution in [-0.4, -0.2) is 0 Å². The van der Waals surface area contributed by atoms with Gasteiger partial charge in [0.2, 0.25) is 0 Å². The maximum Gasteiger partial charge on any atom is 0.149 e. The molecule has 2 rings (SSSR count). The molecule has 1 unspecified atom stereocenters. The summed E-state index contributed by atoms with van der Waals surface area (Å²) >= 11 is 4.83. The van der Waals surface area contributed by atoms with Crippen LogP contribution in [0.1, 0.15) is 10.9 Å². The highest BCUT2D eigenvalue weighted by atomic mass is 79.9. The summed E-state index contributed by atoms with van der Waals surface area (Å²) in [7, 11) is 0. The Kier molecular flexibility index (Phi) is 3.77. The Hall–Kier alpha value is -1.38. The first-order valence-corrected chi connectivity index (χ1v) is 6.47. The van der Waals surface area contributed by atoms with E-state index in [1.54, 1.807) is 12.1 Å². The molecule has 1 aromatic heterocycles. The van der Waals surface area contributed by atoms with Crippen LogP contribution in [0.3, 0.4) is 0 Å². The third-order valence-electron chi connectivity index (χ3n) is 2.14. The zero-order valence-corrected chi connectivity index (χ0v) is 11.1. The van der Waals surface area contributed by atoms with E-state index in [0.717, 1.165) is 8.66 Å². The van der Waals surface area contributed by atoms with Gasteiger partial charge < -0.3 is 5.32 Å². The Balaban J connectivity index is 2.19. The van der Waals surface area contributed by atoms with Crippen molar-refractivity contribution in [1.29, 1.82) is 5.26 Å². The Morgan fingerprint density at radius 3 is 2.76 bits per heavy atom. The Morgan fingerprint density at radius 2 is 2.18 bits per heavy atom. The van der Waals surface area contributed by atoms with Gasteiger partial charge in [0.1, 0.15) is 11.9 Å². The molecule has 0 spiro atoms. The molecule has 2 aromatic rings.